The lowest BCUT2D eigenvalue weighted by atomic mass is 9.52. The van der Waals surface area contributed by atoms with Crippen LogP contribution in [0.2, 0.25) is 0 Å². The predicted octanol–water partition coefficient (Wildman–Crippen LogP) is 3.89. The van der Waals surface area contributed by atoms with Crippen molar-refractivity contribution in [3.05, 3.63) is 12.2 Å². The highest BCUT2D eigenvalue weighted by molar-refractivity contribution is 5.92. The zero-order valence-electron chi connectivity index (χ0n) is 15.3. The highest BCUT2D eigenvalue weighted by atomic mass is 16.5. The first-order valence-corrected chi connectivity index (χ1v) is 8.68. The van der Waals surface area contributed by atoms with Gasteiger partial charge in [0.25, 0.3) is 0 Å². The molecular weight excluding hydrogens is 292 g/mol. The minimum absolute atomic E-state index is 0.286. The van der Waals surface area contributed by atoms with Gasteiger partial charge in [-0.2, -0.15) is 0 Å². The molecule has 4 nitrogen and oxygen atoms in total. The van der Waals surface area contributed by atoms with Gasteiger partial charge in [-0.3, -0.25) is 9.59 Å². The minimum atomic E-state index is -0.927. The summed E-state index contributed by atoms with van der Waals surface area (Å²) in [6.45, 7) is 12.6. The van der Waals surface area contributed by atoms with Crippen molar-refractivity contribution in [2.45, 2.75) is 60.8 Å². The average Bonchev–Trinajstić information content (AvgIpc) is 2.91. The molecule has 2 unspecified atom stereocenters. The summed E-state index contributed by atoms with van der Waals surface area (Å²) in [6, 6.07) is 0. The quantitative estimate of drug-likeness (QED) is 0.550. The first-order chi connectivity index (χ1) is 10.6. The standard InChI is InChI=1S/C19H30O4/c1-7-11-22-14(20)18(5)16(3)9-10-17(4,13-16)19(18,6)15(21)23-12-8-2/h9-10H,7-8,11-13H2,1-6H3/t16-,17-,18?,19?/m1/s1. The molecule has 2 rings (SSSR count). The van der Waals surface area contributed by atoms with Crippen LogP contribution in [0.5, 0.6) is 0 Å². The largest absolute Gasteiger partial charge is 0.465 e. The zero-order chi connectivity index (χ0) is 17.5. The molecule has 0 amide bonds. The first kappa shape index (κ1) is 18.0. The molecule has 0 saturated heterocycles. The van der Waals surface area contributed by atoms with Crippen molar-refractivity contribution in [2.24, 2.45) is 21.7 Å². The van der Waals surface area contributed by atoms with Crippen molar-refractivity contribution in [3.8, 4) is 0 Å². The van der Waals surface area contributed by atoms with E-state index in [9.17, 15) is 9.59 Å². The summed E-state index contributed by atoms with van der Waals surface area (Å²) in [4.78, 5) is 26.0. The molecule has 2 bridgehead atoms. The van der Waals surface area contributed by atoms with Gasteiger partial charge in [0.1, 0.15) is 0 Å². The molecule has 0 aromatic rings. The zero-order valence-corrected chi connectivity index (χ0v) is 15.3. The second-order valence-corrected chi connectivity index (χ2v) is 7.87. The molecule has 0 aliphatic heterocycles. The Kier molecular flexibility index (Phi) is 4.42. The Morgan fingerprint density at radius 2 is 1.17 bits per heavy atom. The summed E-state index contributed by atoms with van der Waals surface area (Å²) in [5, 5.41) is 0. The molecule has 130 valence electrons. The smallest absolute Gasteiger partial charge is 0.313 e. The third-order valence-electron chi connectivity index (χ3n) is 6.53. The molecular formula is C19H30O4. The molecule has 0 radical (unpaired) electrons. The Balaban J connectivity index is 2.50. The predicted molar refractivity (Wildman–Crippen MR) is 88.7 cm³/mol. The average molecular weight is 322 g/mol. The molecule has 23 heavy (non-hydrogen) atoms. The van der Waals surface area contributed by atoms with E-state index in [-0.39, 0.29) is 11.9 Å². The SMILES string of the molecule is CCCOC(=O)C1(C)C(C)(C(=O)OCCC)[C@]2(C)C=C[C@]1(C)C2. The van der Waals surface area contributed by atoms with Crippen LogP contribution < -0.4 is 0 Å². The van der Waals surface area contributed by atoms with Crippen molar-refractivity contribution < 1.29 is 19.1 Å². The number of esters is 2. The highest BCUT2D eigenvalue weighted by Crippen LogP contribution is 2.75. The number of carbonyl (C=O) groups is 2. The normalized spacial score (nSPS) is 41.1. The van der Waals surface area contributed by atoms with Gasteiger partial charge in [0.05, 0.1) is 24.0 Å². The first-order valence-electron chi connectivity index (χ1n) is 8.68. The van der Waals surface area contributed by atoms with E-state index in [1.807, 2.05) is 27.7 Å². The van der Waals surface area contributed by atoms with E-state index in [2.05, 4.69) is 26.0 Å². The number of hydrogen-bond acceptors (Lipinski definition) is 4. The summed E-state index contributed by atoms with van der Waals surface area (Å²) >= 11 is 0. The van der Waals surface area contributed by atoms with Crippen LogP contribution in [0.1, 0.15) is 60.8 Å². The van der Waals surface area contributed by atoms with Gasteiger partial charge in [0, 0.05) is 10.8 Å². The Labute approximate surface area is 139 Å². The fraction of sp³-hybridized carbons (Fsp3) is 0.789. The van der Waals surface area contributed by atoms with Crippen LogP contribution in [0.25, 0.3) is 0 Å². The van der Waals surface area contributed by atoms with Crippen LogP contribution in [-0.2, 0) is 19.1 Å². The number of carbonyl (C=O) groups excluding carboxylic acids is 2. The van der Waals surface area contributed by atoms with Crippen molar-refractivity contribution in [1.29, 1.82) is 0 Å². The molecule has 1 fully saturated rings. The van der Waals surface area contributed by atoms with Gasteiger partial charge in [0.2, 0.25) is 0 Å². The Morgan fingerprint density at radius 1 is 0.826 bits per heavy atom. The molecule has 0 aromatic carbocycles. The van der Waals surface area contributed by atoms with Crippen LogP contribution in [0.3, 0.4) is 0 Å². The number of allylic oxidation sites excluding steroid dienone is 2. The minimum Gasteiger partial charge on any atom is -0.465 e. The lowest BCUT2D eigenvalue weighted by molar-refractivity contribution is -0.187. The van der Waals surface area contributed by atoms with E-state index in [0.29, 0.717) is 13.2 Å². The second kappa shape index (κ2) is 5.64. The van der Waals surface area contributed by atoms with Gasteiger partial charge in [0.15, 0.2) is 0 Å². The summed E-state index contributed by atoms with van der Waals surface area (Å²) in [5.74, 6) is -0.572. The molecule has 0 heterocycles. The summed E-state index contributed by atoms with van der Waals surface area (Å²) in [7, 11) is 0. The molecule has 0 spiro atoms. The Morgan fingerprint density at radius 3 is 1.48 bits per heavy atom. The van der Waals surface area contributed by atoms with Crippen LogP contribution >= 0.6 is 0 Å². The highest BCUT2D eigenvalue weighted by Gasteiger charge is 2.78. The van der Waals surface area contributed by atoms with Crippen molar-refractivity contribution >= 4 is 11.9 Å². The van der Waals surface area contributed by atoms with Gasteiger partial charge in [-0.15, -0.1) is 0 Å². The lowest BCUT2D eigenvalue weighted by Crippen LogP contribution is -2.58. The molecule has 0 aromatic heterocycles. The third-order valence-corrected chi connectivity index (χ3v) is 6.53. The Bertz CT molecular complexity index is 493. The van der Waals surface area contributed by atoms with Crippen molar-refractivity contribution in [3.63, 3.8) is 0 Å². The van der Waals surface area contributed by atoms with Gasteiger partial charge < -0.3 is 9.47 Å². The van der Waals surface area contributed by atoms with Gasteiger partial charge in [-0.1, -0.05) is 39.8 Å². The Hall–Kier alpha value is -1.32. The fourth-order valence-electron chi connectivity index (χ4n) is 4.63. The van der Waals surface area contributed by atoms with Crippen LogP contribution in [-0.4, -0.2) is 25.2 Å². The second-order valence-electron chi connectivity index (χ2n) is 7.87. The van der Waals surface area contributed by atoms with E-state index in [4.69, 9.17) is 9.47 Å². The van der Waals surface area contributed by atoms with Crippen molar-refractivity contribution in [1.82, 2.24) is 0 Å². The van der Waals surface area contributed by atoms with E-state index < -0.39 is 21.7 Å². The van der Waals surface area contributed by atoms with Crippen LogP contribution in [0.15, 0.2) is 12.2 Å². The maximum Gasteiger partial charge on any atom is 0.313 e. The number of ether oxygens (including phenoxy) is 2. The number of fused-ring (bicyclic) bond motifs is 2. The van der Waals surface area contributed by atoms with E-state index >= 15 is 0 Å². The molecule has 2 aliphatic carbocycles. The topological polar surface area (TPSA) is 52.6 Å². The summed E-state index contributed by atoms with van der Waals surface area (Å²) in [5.41, 5.74) is -2.65. The molecule has 0 N–H and O–H groups in total. The molecule has 4 atom stereocenters. The number of hydrogen-bond donors (Lipinski definition) is 0. The monoisotopic (exact) mass is 322 g/mol. The fourth-order valence-corrected chi connectivity index (χ4v) is 4.63. The molecule has 2 aliphatic rings. The summed E-state index contributed by atoms with van der Waals surface area (Å²) < 4.78 is 11.0. The van der Waals surface area contributed by atoms with Crippen molar-refractivity contribution in [2.75, 3.05) is 13.2 Å². The van der Waals surface area contributed by atoms with Gasteiger partial charge in [-0.05, 0) is 33.1 Å². The maximum absolute atomic E-state index is 13.0. The van der Waals surface area contributed by atoms with Crippen LogP contribution in [0.4, 0.5) is 0 Å². The van der Waals surface area contributed by atoms with E-state index in [1.165, 1.54) is 0 Å². The maximum atomic E-state index is 13.0. The number of rotatable bonds is 6. The lowest BCUT2D eigenvalue weighted by Gasteiger charge is -2.49. The van der Waals surface area contributed by atoms with E-state index in [0.717, 1.165) is 19.3 Å². The third kappa shape index (κ3) is 2.10. The van der Waals surface area contributed by atoms with E-state index in [1.54, 1.807) is 0 Å². The molecule has 4 heteroatoms. The summed E-state index contributed by atoms with van der Waals surface area (Å²) in [6.07, 6.45) is 6.48. The van der Waals surface area contributed by atoms with Crippen LogP contribution in [0, 0.1) is 21.7 Å². The van der Waals surface area contributed by atoms with Gasteiger partial charge >= 0.3 is 11.9 Å². The van der Waals surface area contributed by atoms with Gasteiger partial charge in [-0.25, -0.2) is 0 Å². The molecule has 1 saturated carbocycles.